The van der Waals surface area contributed by atoms with E-state index in [1.54, 1.807) is 26.8 Å². The average Bonchev–Trinajstić information content (AvgIpc) is 3.30. The van der Waals surface area contributed by atoms with Crippen molar-refractivity contribution >= 4 is 51.1 Å². The molecule has 2 amide bonds. The minimum Gasteiger partial charge on any atom is -0.481 e. The van der Waals surface area contributed by atoms with E-state index < -0.39 is 11.4 Å². The van der Waals surface area contributed by atoms with E-state index in [0.717, 1.165) is 27.7 Å². The fraction of sp³-hybridized carbons (Fsp3) is 0.182. The summed E-state index contributed by atoms with van der Waals surface area (Å²) in [5.74, 6) is 0.402. The molecule has 1 heterocycles. The monoisotopic (exact) mass is 554 g/mol. The number of furan rings is 1. The van der Waals surface area contributed by atoms with Gasteiger partial charge in [0.25, 0.3) is 0 Å². The van der Waals surface area contributed by atoms with Gasteiger partial charge in [0, 0.05) is 24.6 Å². The first-order valence-electron chi connectivity index (χ1n) is 13.0. The van der Waals surface area contributed by atoms with Crippen LogP contribution in [-0.4, -0.2) is 22.9 Å². The van der Waals surface area contributed by atoms with Crippen molar-refractivity contribution in [2.75, 3.05) is 10.6 Å². The number of carboxylic acids is 1. The van der Waals surface area contributed by atoms with Gasteiger partial charge in [-0.05, 0) is 57.2 Å². The number of carbonyl (C=O) groups is 3. The lowest BCUT2D eigenvalue weighted by Gasteiger charge is -2.10. The van der Waals surface area contributed by atoms with Gasteiger partial charge >= 0.3 is 5.97 Å². The van der Waals surface area contributed by atoms with Crippen molar-refractivity contribution in [3.05, 3.63) is 97.1 Å². The average molecular weight is 555 g/mol. The third-order valence-corrected chi connectivity index (χ3v) is 5.53. The topological polar surface area (TPSA) is 118 Å². The van der Waals surface area contributed by atoms with Gasteiger partial charge in [0.15, 0.2) is 11.3 Å². The van der Waals surface area contributed by atoms with E-state index >= 15 is 0 Å². The molecule has 8 heteroatoms. The Morgan fingerprint density at radius 3 is 1.83 bits per heavy atom. The fourth-order valence-corrected chi connectivity index (χ4v) is 3.50. The summed E-state index contributed by atoms with van der Waals surface area (Å²) in [5.41, 5.74) is 2.36. The maximum absolute atomic E-state index is 11.1. The van der Waals surface area contributed by atoms with Crippen molar-refractivity contribution in [2.45, 2.75) is 34.6 Å². The molecule has 1 aromatic heterocycles. The van der Waals surface area contributed by atoms with E-state index in [4.69, 9.17) is 14.3 Å². The van der Waals surface area contributed by atoms with Gasteiger partial charge in [-0.2, -0.15) is 0 Å². The van der Waals surface area contributed by atoms with Gasteiger partial charge in [-0.1, -0.05) is 60.7 Å². The summed E-state index contributed by atoms with van der Waals surface area (Å²) in [6.45, 7) is 7.95. The molecular weight excluding hydrogens is 520 g/mol. The third kappa shape index (κ3) is 8.96. The normalized spacial score (nSPS) is 10.5. The Morgan fingerprint density at radius 1 is 0.683 bits per heavy atom. The molecule has 5 aromatic rings. The zero-order valence-electron chi connectivity index (χ0n) is 23.7. The van der Waals surface area contributed by atoms with Crippen LogP contribution in [-0.2, 0) is 14.4 Å². The van der Waals surface area contributed by atoms with E-state index in [1.165, 1.54) is 13.8 Å². The Hall–Kier alpha value is -5.11. The van der Waals surface area contributed by atoms with Gasteiger partial charge in [0.05, 0.1) is 16.8 Å². The maximum atomic E-state index is 11.1. The predicted octanol–water partition coefficient (Wildman–Crippen LogP) is 8.10. The Bertz CT molecular complexity index is 1630. The summed E-state index contributed by atoms with van der Waals surface area (Å²) in [7, 11) is 0. The minimum absolute atomic E-state index is 0.0991. The summed E-state index contributed by atoms with van der Waals surface area (Å²) >= 11 is 0. The number of nitrogens with one attached hydrogen (secondary N) is 2. The van der Waals surface area contributed by atoms with Crippen molar-refractivity contribution in [1.29, 1.82) is 0 Å². The number of benzene rings is 4. The predicted molar refractivity (Wildman–Crippen MR) is 162 cm³/mol. The first-order chi connectivity index (χ1) is 19.5. The molecule has 0 spiro atoms. The first kappa shape index (κ1) is 30.4. The lowest BCUT2D eigenvalue weighted by Crippen LogP contribution is -2.18. The number of aliphatic carboxylic acids is 1. The summed E-state index contributed by atoms with van der Waals surface area (Å²) in [4.78, 5) is 32.2. The molecule has 3 N–H and O–H groups in total. The number of rotatable bonds is 4. The number of para-hydroxylation sites is 5. The van der Waals surface area contributed by atoms with Crippen LogP contribution in [0.4, 0.5) is 11.4 Å². The van der Waals surface area contributed by atoms with E-state index in [0.29, 0.717) is 17.1 Å². The Labute approximate surface area is 238 Å². The van der Waals surface area contributed by atoms with Gasteiger partial charge in [0.2, 0.25) is 11.8 Å². The smallest absolute Gasteiger partial charge is 0.308 e. The summed E-state index contributed by atoms with van der Waals surface area (Å²) in [6.07, 6.45) is 0. The Kier molecular flexibility index (Phi) is 10.2. The molecule has 0 aliphatic rings. The number of carbonyl (C=O) groups excluding carboxylic acids is 2. The van der Waals surface area contributed by atoms with Gasteiger partial charge in [-0.3, -0.25) is 14.4 Å². The van der Waals surface area contributed by atoms with Gasteiger partial charge in [-0.15, -0.1) is 0 Å². The van der Waals surface area contributed by atoms with Crippen LogP contribution in [0, 0.1) is 5.41 Å². The highest BCUT2D eigenvalue weighted by Crippen LogP contribution is 2.33. The Balaban J connectivity index is 0.000000185. The molecule has 8 nitrogen and oxygen atoms in total. The molecular formula is C33H34N2O6. The highest BCUT2D eigenvalue weighted by atomic mass is 16.5. The molecule has 4 aromatic carbocycles. The molecule has 0 aliphatic heterocycles. The van der Waals surface area contributed by atoms with Crippen LogP contribution in [0.5, 0.6) is 11.5 Å². The van der Waals surface area contributed by atoms with Crippen LogP contribution in [0.1, 0.15) is 34.6 Å². The fourth-order valence-electron chi connectivity index (χ4n) is 3.50. The van der Waals surface area contributed by atoms with Crippen molar-refractivity contribution in [2.24, 2.45) is 5.41 Å². The summed E-state index contributed by atoms with van der Waals surface area (Å²) in [5, 5.41) is 15.8. The molecule has 0 saturated heterocycles. The lowest BCUT2D eigenvalue weighted by molar-refractivity contribution is -0.145. The van der Waals surface area contributed by atoms with E-state index in [2.05, 4.69) is 10.6 Å². The van der Waals surface area contributed by atoms with Crippen LogP contribution >= 0.6 is 0 Å². The molecule has 41 heavy (non-hydrogen) atoms. The van der Waals surface area contributed by atoms with Crippen LogP contribution in [0.25, 0.3) is 21.9 Å². The lowest BCUT2D eigenvalue weighted by atomic mass is 9.98. The SMILES string of the molecule is CC(=O)Nc1cccc2c1oc1ccccc12.CC(=O)Nc1ccccc1Oc1ccccc1.CC(C)(C)C(=O)O. The number of ether oxygens (including phenoxy) is 1. The van der Waals surface area contributed by atoms with E-state index in [-0.39, 0.29) is 11.8 Å². The standard InChI is InChI=1S/C14H11NO2.C14H13NO2.C5H10O2/c1-9(16)15-12-7-4-6-11-10-5-2-3-8-13(10)17-14(11)12;1-11(16)15-13-9-5-6-10-14(13)17-12-7-3-2-4-8-12;1-5(2,3)4(6)7/h2-8H,1H3,(H,15,16);2-10H,1H3,(H,15,16);1-3H3,(H,6,7). The quantitative estimate of drug-likeness (QED) is 0.207. The molecule has 0 radical (unpaired) electrons. The second-order valence-electron chi connectivity index (χ2n) is 10.1. The zero-order chi connectivity index (χ0) is 30.0. The minimum atomic E-state index is -0.757. The summed E-state index contributed by atoms with van der Waals surface area (Å²) < 4.78 is 11.5. The number of fused-ring (bicyclic) bond motifs is 3. The van der Waals surface area contributed by atoms with Gasteiger partial charge in [-0.25, -0.2) is 0 Å². The van der Waals surface area contributed by atoms with Crippen molar-refractivity contribution < 1.29 is 28.6 Å². The third-order valence-electron chi connectivity index (χ3n) is 5.53. The molecule has 0 aliphatic carbocycles. The Morgan fingerprint density at radius 2 is 1.20 bits per heavy atom. The molecule has 0 saturated carbocycles. The number of anilines is 2. The summed E-state index contributed by atoms with van der Waals surface area (Å²) in [6, 6.07) is 30.4. The largest absolute Gasteiger partial charge is 0.481 e. The molecule has 212 valence electrons. The molecule has 0 bridgehead atoms. The molecule has 0 atom stereocenters. The van der Waals surface area contributed by atoms with Crippen LogP contribution < -0.4 is 15.4 Å². The molecule has 0 unspecified atom stereocenters. The molecule has 5 rings (SSSR count). The van der Waals surface area contributed by atoms with Crippen LogP contribution in [0.3, 0.4) is 0 Å². The number of hydrogen-bond acceptors (Lipinski definition) is 5. The van der Waals surface area contributed by atoms with Gasteiger partial charge < -0.3 is 24.9 Å². The highest BCUT2D eigenvalue weighted by Gasteiger charge is 2.18. The van der Waals surface area contributed by atoms with Crippen LogP contribution in [0.15, 0.2) is 101 Å². The second-order valence-corrected chi connectivity index (χ2v) is 10.1. The van der Waals surface area contributed by atoms with Crippen molar-refractivity contribution in [1.82, 2.24) is 0 Å². The van der Waals surface area contributed by atoms with Crippen LogP contribution in [0.2, 0.25) is 0 Å². The van der Waals surface area contributed by atoms with Crippen molar-refractivity contribution in [3.63, 3.8) is 0 Å². The first-order valence-corrected chi connectivity index (χ1v) is 13.0. The number of hydrogen-bond donors (Lipinski definition) is 3. The van der Waals surface area contributed by atoms with Gasteiger partial charge in [0.1, 0.15) is 11.3 Å². The maximum Gasteiger partial charge on any atom is 0.308 e. The number of carboxylic acid groups (broad SMARTS) is 1. The van der Waals surface area contributed by atoms with E-state index in [1.807, 2.05) is 91.0 Å². The zero-order valence-corrected chi connectivity index (χ0v) is 23.7. The van der Waals surface area contributed by atoms with E-state index in [9.17, 15) is 14.4 Å². The number of amides is 2. The highest BCUT2D eigenvalue weighted by molar-refractivity contribution is 6.10. The van der Waals surface area contributed by atoms with Crippen molar-refractivity contribution in [3.8, 4) is 11.5 Å². The second kappa shape index (κ2) is 13.8. The molecule has 0 fully saturated rings.